The van der Waals surface area contributed by atoms with Crippen LogP contribution in [0.2, 0.25) is 0 Å². The number of carbonyl (C=O) groups excluding carboxylic acids is 5. The van der Waals surface area contributed by atoms with Crippen LogP contribution in [-0.4, -0.2) is 76.5 Å². The van der Waals surface area contributed by atoms with Crippen molar-refractivity contribution in [3.8, 4) is 0 Å². The Hall–Kier alpha value is -4.41. The lowest BCUT2D eigenvalue weighted by molar-refractivity contribution is -0.148. The van der Waals surface area contributed by atoms with E-state index in [0.29, 0.717) is 19.4 Å². The van der Waals surface area contributed by atoms with Crippen LogP contribution >= 0.6 is 0 Å². The summed E-state index contributed by atoms with van der Waals surface area (Å²) in [5, 5.41) is 2.41. The molecule has 2 aliphatic rings. The van der Waals surface area contributed by atoms with E-state index in [1.165, 1.54) is 4.90 Å². The summed E-state index contributed by atoms with van der Waals surface area (Å²) in [5.74, 6) is -2.48. The Kier molecular flexibility index (Phi) is 9.26. The molecule has 2 heterocycles. The van der Waals surface area contributed by atoms with Crippen LogP contribution in [0.1, 0.15) is 44.7 Å². The van der Waals surface area contributed by atoms with Crippen molar-refractivity contribution in [1.29, 1.82) is 0 Å². The van der Waals surface area contributed by atoms with E-state index in [0.717, 1.165) is 16.0 Å². The fraction of sp³-hybridized carbons (Fsp3) is 0.433. The van der Waals surface area contributed by atoms with Crippen LogP contribution in [0.15, 0.2) is 60.7 Å². The molecule has 41 heavy (non-hydrogen) atoms. The number of esters is 2. The molecule has 0 unspecified atom stereocenters. The van der Waals surface area contributed by atoms with Gasteiger partial charge in [-0.15, -0.1) is 0 Å². The van der Waals surface area contributed by atoms with E-state index >= 15 is 0 Å². The molecule has 2 aromatic carbocycles. The molecular formula is C30H35N3O8. The van der Waals surface area contributed by atoms with Gasteiger partial charge in [0.2, 0.25) is 11.8 Å². The molecule has 2 aliphatic heterocycles. The van der Waals surface area contributed by atoms with E-state index in [9.17, 15) is 24.0 Å². The average molecular weight is 566 g/mol. The van der Waals surface area contributed by atoms with E-state index in [4.69, 9.17) is 14.2 Å². The third kappa shape index (κ3) is 7.84. The van der Waals surface area contributed by atoms with Crippen LogP contribution in [0, 0.1) is 0 Å². The Balaban J connectivity index is 1.42. The first-order valence-corrected chi connectivity index (χ1v) is 13.5. The summed E-state index contributed by atoms with van der Waals surface area (Å²) in [6, 6.07) is 14.9. The van der Waals surface area contributed by atoms with Gasteiger partial charge in [-0.25, -0.2) is 14.4 Å². The van der Waals surface area contributed by atoms with Gasteiger partial charge in [0.15, 0.2) is 12.1 Å². The van der Waals surface area contributed by atoms with Crippen molar-refractivity contribution in [2.24, 2.45) is 0 Å². The minimum absolute atomic E-state index is 0.0195. The van der Waals surface area contributed by atoms with Crippen molar-refractivity contribution < 1.29 is 38.2 Å². The lowest BCUT2D eigenvalue weighted by Crippen LogP contribution is -2.48. The molecule has 11 nitrogen and oxygen atoms in total. The molecule has 0 aliphatic carbocycles. The molecule has 0 spiro atoms. The molecule has 4 rings (SSSR count). The number of hydrogen-bond acceptors (Lipinski definition) is 8. The zero-order chi connectivity index (χ0) is 29.6. The highest BCUT2D eigenvalue weighted by atomic mass is 16.6. The van der Waals surface area contributed by atoms with Crippen molar-refractivity contribution in [1.82, 2.24) is 15.1 Å². The van der Waals surface area contributed by atoms with Crippen LogP contribution in [0.4, 0.5) is 4.79 Å². The predicted octanol–water partition coefficient (Wildman–Crippen LogP) is 2.57. The van der Waals surface area contributed by atoms with Gasteiger partial charge >= 0.3 is 18.0 Å². The van der Waals surface area contributed by atoms with Crippen LogP contribution in [0.5, 0.6) is 0 Å². The number of nitrogens with zero attached hydrogens (tertiary/aromatic N) is 2. The Morgan fingerprint density at radius 1 is 0.829 bits per heavy atom. The summed E-state index contributed by atoms with van der Waals surface area (Å²) in [6.45, 7) is 5.01. The van der Waals surface area contributed by atoms with Crippen LogP contribution in [0.3, 0.4) is 0 Å². The molecule has 3 atom stereocenters. The fourth-order valence-corrected chi connectivity index (χ4v) is 4.68. The summed E-state index contributed by atoms with van der Waals surface area (Å²) in [4.78, 5) is 67.1. The van der Waals surface area contributed by atoms with Crippen molar-refractivity contribution in [3.05, 3.63) is 71.8 Å². The molecule has 0 aromatic heterocycles. The number of hydrogen-bond donors (Lipinski definition) is 1. The van der Waals surface area contributed by atoms with Gasteiger partial charge in [0.1, 0.15) is 31.4 Å². The SMILES string of the molecule is CC(C)(C)OC(=O)NCC(=O)N1CCC[C@@H]1C(=O)N1[C@H](C(=O)OCc2ccccc2)[C@H]1C(=O)OCc1ccccc1. The molecule has 2 aromatic rings. The number of benzene rings is 2. The lowest BCUT2D eigenvalue weighted by Gasteiger charge is -2.25. The van der Waals surface area contributed by atoms with Gasteiger partial charge < -0.3 is 29.3 Å². The van der Waals surface area contributed by atoms with Gasteiger partial charge in [-0.05, 0) is 44.7 Å². The quantitative estimate of drug-likeness (QED) is 0.279. The minimum atomic E-state index is -1.16. The van der Waals surface area contributed by atoms with E-state index in [2.05, 4.69) is 5.32 Å². The molecule has 2 saturated heterocycles. The Morgan fingerprint density at radius 3 is 1.83 bits per heavy atom. The summed E-state index contributed by atoms with van der Waals surface area (Å²) >= 11 is 0. The third-order valence-electron chi connectivity index (χ3n) is 6.64. The number of rotatable bonds is 9. The Bertz CT molecular complexity index is 1200. The summed E-state index contributed by atoms with van der Waals surface area (Å²) in [7, 11) is 0. The number of carbonyl (C=O) groups is 5. The number of likely N-dealkylation sites (tertiary alicyclic amines) is 1. The highest BCUT2D eigenvalue weighted by Crippen LogP contribution is 2.35. The average Bonchev–Trinajstić information content (AvgIpc) is 3.51. The summed E-state index contributed by atoms with van der Waals surface area (Å²) < 4.78 is 16.0. The smallest absolute Gasteiger partial charge is 0.408 e. The maximum atomic E-state index is 13.6. The second-order valence-electron chi connectivity index (χ2n) is 10.9. The van der Waals surface area contributed by atoms with E-state index in [-0.39, 0.29) is 19.8 Å². The molecule has 11 heteroatoms. The lowest BCUT2D eigenvalue weighted by atomic mass is 10.2. The zero-order valence-corrected chi connectivity index (χ0v) is 23.4. The first-order valence-electron chi connectivity index (χ1n) is 13.5. The highest BCUT2D eigenvalue weighted by molar-refractivity contribution is 6.03. The molecule has 0 saturated carbocycles. The van der Waals surface area contributed by atoms with E-state index in [1.807, 2.05) is 36.4 Å². The number of nitrogens with one attached hydrogen (secondary N) is 1. The largest absolute Gasteiger partial charge is 0.459 e. The first-order chi connectivity index (χ1) is 19.5. The van der Waals surface area contributed by atoms with Gasteiger partial charge in [-0.1, -0.05) is 60.7 Å². The Morgan fingerprint density at radius 2 is 1.34 bits per heavy atom. The fourth-order valence-electron chi connectivity index (χ4n) is 4.68. The maximum absolute atomic E-state index is 13.6. The molecule has 1 N–H and O–H groups in total. The number of alkyl carbamates (subject to hydrolysis) is 1. The predicted molar refractivity (Wildman–Crippen MR) is 146 cm³/mol. The van der Waals surface area contributed by atoms with Crippen molar-refractivity contribution in [3.63, 3.8) is 0 Å². The van der Waals surface area contributed by atoms with Gasteiger partial charge in [-0.2, -0.15) is 0 Å². The maximum Gasteiger partial charge on any atom is 0.408 e. The first kappa shape index (κ1) is 29.6. The van der Waals surface area contributed by atoms with Crippen molar-refractivity contribution in [2.45, 2.75) is 70.6 Å². The summed E-state index contributed by atoms with van der Waals surface area (Å²) in [5.41, 5.74) is 0.785. The Labute approximate surface area is 238 Å². The molecule has 0 bridgehead atoms. The minimum Gasteiger partial charge on any atom is -0.459 e. The molecule has 2 fully saturated rings. The van der Waals surface area contributed by atoms with Gasteiger partial charge in [-0.3, -0.25) is 9.59 Å². The van der Waals surface area contributed by atoms with Gasteiger partial charge in [0, 0.05) is 6.54 Å². The van der Waals surface area contributed by atoms with Crippen molar-refractivity contribution in [2.75, 3.05) is 13.1 Å². The second kappa shape index (κ2) is 12.8. The number of ether oxygens (including phenoxy) is 3. The monoisotopic (exact) mass is 565 g/mol. The number of amides is 3. The highest BCUT2D eigenvalue weighted by Gasteiger charge is 2.63. The topological polar surface area (TPSA) is 131 Å². The van der Waals surface area contributed by atoms with Gasteiger partial charge in [0.05, 0.1) is 0 Å². The normalized spacial score (nSPS) is 19.7. The van der Waals surface area contributed by atoms with E-state index < -0.39 is 53.6 Å². The van der Waals surface area contributed by atoms with Crippen LogP contribution < -0.4 is 5.32 Å². The second-order valence-corrected chi connectivity index (χ2v) is 10.9. The van der Waals surface area contributed by atoms with Gasteiger partial charge in [0.25, 0.3) is 0 Å². The molecule has 218 valence electrons. The third-order valence-corrected chi connectivity index (χ3v) is 6.64. The van der Waals surface area contributed by atoms with E-state index in [1.54, 1.807) is 45.0 Å². The van der Waals surface area contributed by atoms with Crippen LogP contribution in [-0.2, 0) is 46.6 Å². The molecule has 0 radical (unpaired) electrons. The zero-order valence-electron chi connectivity index (χ0n) is 23.4. The van der Waals surface area contributed by atoms with Crippen molar-refractivity contribution >= 4 is 29.8 Å². The van der Waals surface area contributed by atoms with Crippen LogP contribution in [0.25, 0.3) is 0 Å². The summed E-state index contributed by atoms with van der Waals surface area (Å²) in [6.07, 6.45) is 0.154. The molecule has 3 amide bonds. The standard InChI is InChI=1S/C30H35N3O8/c1-30(2,3)41-29(38)31-17-23(34)32-16-10-15-22(32)26(35)33-24(27(36)39-18-20-11-6-4-7-12-20)25(33)28(37)40-19-21-13-8-5-9-14-21/h4-9,11-14,22,24-25H,10,15-19H2,1-3H3,(H,31,38)/t22-,24+,25+/m1/s1. The molecular weight excluding hydrogens is 530 g/mol.